The van der Waals surface area contributed by atoms with Crippen LogP contribution in [0.15, 0.2) is 66.9 Å². The Bertz CT molecular complexity index is 1460. The van der Waals surface area contributed by atoms with Crippen LogP contribution in [0.4, 0.5) is 18.9 Å². The fourth-order valence-corrected chi connectivity index (χ4v) is 5.51. The van der Waals surface area contributed by atoms with Crippen LogP contribution in [0.5, 0.6) is 0 Å². The number of benzene rings is 2. The number of aryl methyl sites for hydroxylation is 1. The lowest BCUT2D eigenvalue weighted by Crippen LogP contribution is -2.33. The van der Waals surface area contributed by atoms with Gasteiger partial charge in [-0.25, -0.2) is 4.98 Å². The third-order valence-electron chi connectivity index (χ3n) is 7.46. The summed E-state index contributed by atoms with van der Waals surface area (Å²) in [6.45, 7) is 3.84. The summed E-state index contributed by atoms with van der Waals surface area (Å²) in [5, 5.41) is 0. The van der Waals surface area contributed by atoms with E-state index in [9.17, 15) is 13.2 Å². The van der Waals surface area contributed by atoms with Gasteiger partial charge in [-0.1, -0.05) is 42.5 Å². The molecule has 0 bridgehead atoms. The maximum absolute atomic E-state index is 13.2. The van der Waals surface area contributed by atoms with E-state index >= 15 is 0 Å². The van der Waals surface area contributed by atoms with Crippen molar-refractivity contribution < 1.29 is 13.2 Å². The molecule has 188 valence electrons. The van der Waals surface area contributed by atoms with Crippen molar-refractivity contribution in [3.8, 4) is 11.3 Å². The standard InChI is InChI=1S/C30H27F3N4/c1-19-28(20-6-3-2-4-7-20)36-29(35-19)21-11-14-37(15-12-21)27-10-13-34-26-18-23(17-25(26)27)22-8-5-9-24(16-22)30(31,32)33/h2-10,13,16-17,21H,11-12,14-15,18H2,1H3,(H,35,36). The number of nitrogens with zero attached hydrogens (tertiary/aromatic N) is 3. The number of alkyl halides is 3. The number of imidazole rings is 1. The first-order valence-corrected chi connectivity index (χ1v) is 12.6. The topological polar surface area (TPSA) is 44.8 Å². The van der Waals surface area contributed by atoms with Gasteiger partial charge in [0.15, 0.2) is 0 Å². The Kier molecular flexibility index (Phi) is 5.86. The molecular weight excluding hydrogens is 473 g/mol. The van der Waals surface area contributed by atoms with Crippen LogP contribution in [0.1, 0.15) is 52.7 Å². The first kappa shape index (κ1) is 23.5. The summed E-state index contributed by atoms with van der Waals surface area (Å²) >= 11 is 0. The Labute approximate surface area is 213 Å². The lowest BCUT2D eigenvalue weighted by atomic mass is 9.95. The molecule has 3 heterocycles. The number of halogens is 3. The fraction of sp³-hybridized carbons (Fsp3) is 0.267. The number of anilines is 1. The number of fused-ring (bicyclic) bond motifs is 1. The molecular formula is C30H27F3N4. The van der Waals surface area contributed by atoms with Gasteiger partial charge >= 0.3 is 6.18 Å². The number of pyridine rings is 1. The van der Waals surface area contributed by atoms with E-state index in [0.717, 1.165) is 77.3 Å². The van der Waals surface area contributed by atoms with Crippen molar-refractivity contribution in [2.24, 2.45) is 0 Å². The molecule has 1 saturated heterocycles. The molecule has 0 radical (unpaired) electrons. The highest BCUT2D eigenvalue weighted by atomic mass is 19.4. The average Bonchev–Trinajstić information content (AvgIpc) is 3.53. The van der Waals surface area contributed by atoms with Crippen LogP contribution in [-0.2, 0) is 12.6 Å². The highest BCUT2D eigenvalue weighted by molar-refractivity contribution is 5.92. The van der Waals surface area contributed by atoms with Crippen molar-refractivity contribution in [1.29, 1.82) is 0 Å². The minimum Gasteiger partial charge on any atom is -0.371 e. The number of aromatic nitrogens is 3. The lowest BCUT2D eigenvalue weighted by Gasteiger charge is -2.33. The molecule has 0 unspecified atom stereocenters. The molecule has 0 amide bonds. The van der Waals surface area contributed by atoms with Gasteiger partial charge in [0.05, 0.1) is 17.0 Å². The van der Waals surface area contributed by atoms with Gasteiger partial charge in [-0.2, -0.15) is 13.2 Å². The van der Waals surface area contributed by atoms with E-state index < -0.39 is 11.7 Å². The molecule has 37 heavy (non-hydrogen) atoms. The molecule has 4 nitrogen and oxygen atoms in total. The maximum Gasteiger partial charge on any atom is 0.416 e. The van der Waals surface area contributed by atoms with Crippen molar-refractivity contribution in [3.05, 3.63) is 101 Å². The number of allylic oxidation sites excluding steroid dienone is 1. The minimum absolute atomic E-state index is 0.360. The van der Waals surface area contributed by atoms with E-state index in [1.165, 1.54) is 12.1 Å². The van der Waals surface area contributed by atoms with Gasteiger partial charge in [-0.05, 0) is 55.2 Å². The molecule has 1 fully saturated rings. The third-order valence-corrected chi connectivity index (χ3v) is 7.46. The summed E-state index contributed by atoms with van der Waals surface area (Å²) in [4.78, 5) is 15.4. The Morgan fingerprint density at radius 2 is 1.70 bits per heavy atom. The predicted octanol–water partition coefficient (Wildman–Crippen LogP) is 7.28. The van der Waals surface area contributed by atoms with E-state index in [0.29, 0.717) is 17.9 Å². The molecule has 1 N–H and O–H groups in total. The summed E-state index contributed by atoms with van der Waals surface area (Å²) in [5.74, 6) is 1.40. The van der Waals surface area contributed by atoms with Crippen LogP contribution in [0.2, 0.25) is 0 Å². The second kappa shape index (κ2) is 9.21. The Balaban J connectivity index is 1.20. The fourth-order valence-electron chi connectivity index (χ4n) is 5.51. The molecule has 0 saturated carbocycles. The van der Waals surface area contributed by atoms with Gasteiger partial charge in [0, 0.05) is 54.1 Å². The Hall–Kier alpha value is -3.87. The summed E-state index contributed by atoms with van der Waals surface area (Å²) in [6.07, 6.45) is 1.95. The molecule has 2 aliphatic rings. The number of nitrogens with one attached hydrogen (secondary N) is 1. The zero-order valence-corrected chi connectivity index (χ0v) is 20.5. The summed E-state index contributed by atoms with van der Waals surface area (Å²) in [5.41, 5.74) is 7.10. The first-order valence-electron chi connectivity index (χ1n) is 12.6. The molecule has 0 atom stereocenters. The third kappa shape index (κ3) is 4.54. The molecule has 0 spiro atoms. The number of hydrogen-bond acceptors (Lipinski definition) is 3. The van der Waals surface area contributed by atoms with Crippen molar-refractivity contribution in [1.82, 2.24) is 15.0 Å². The van der Waals surface area contributed by atoms with Crippen LogP contribution in [0, 0.1) is 6.92 Å². The number of rotatable bonds is 4. The number of aromatic amines is 1. The monoisotopic (exact) mass is 500 g/mol. The summed E-state index contributed by atoms with van der Waals surface area (Å²) in [6, 6.07) is 17.8. The average molecular weight is 501 g/mol. The van der Waals surface area contributed by atoms with Gasteiger partial charge in [-0.3, -0.25) is 4.98 Å². The van der Waals surface area contributed by atoms with Crippen LogP contribution in [0.3, 0.4) is 0 Å². The van der Waals surface area contributed by atoms with Crippen molar-refractivity contribution >= 4 is 17.3 Å². The molecule has 2 aromatic heterocycles. The predicted molar refractivity (Wildman–Crippen MR) is 140 cm³/mol. The van der Waals surface area contributed by atoms with Gasteiger partial charge in [0.1, 0.15) is 5.82 Å². The van der Waals surface area contributed by atoms with Crippen LogP contribution >= 0.6 is 0 Å². The van der Waals surface area contributed by atoms with Gasteiger partial charge in [0.2, 0.25) is 0 Å². The van der Waals surface area contributed by atoms with Crippen molar-refractivity contribution in [2.75, 3.05) is 18.0 Å². The zero-order valence-electron chi connectivity index (χ0n) is 20.5. The van der Waals surface area contributed by atoms with Gasteiger partial charge in [-0.15, -0.1) is 0 Å². The zero-order chi connectivity index (χ0) is 25.6. The van der Waals surface area contributed by atoms with Crippen LogP contribution in [-0.4, -0.2) is 28.0 Å². The van der Waals surface area contributed by atoms with E-state index in [2.05, 4.69) is 33.9 Å². The molecule has 2 aromatic carbocycles. The SMILES string of the molecule is Cc1[nH]c(C2CCN(c3ccnc4c3C=C(c3cccc(C(F)(F)F)c3)C4)CC2)nc1-c1ccccc1. The molecule has 7 heteroatoms. The molecule has 4 aromatic rings. The highest BCUT2D eigenvalue weighted by Gasteiger charge is 2.31. The molecule has 1 aliphatic carbocycles. The molecule has 6 rings (SSSR count). The largest absolute Gasteiger partial charge is 0.416 e. The van der Waals surface area contributed by atoms with Crippen molar-refractivity contribution in [3.63, 3.8) is 0 Å². The van der Waals surface area contributed by atoms with Gasteiger partial charge in [0.25, 0.3) is 0 Å². The van der Waals surface area contributed by atoms with Gasteiger partial charge < -0.3 is 9.88 Å². The quantitative estimate of drug-likeness (QED) is 0.320. The highest BCUT2D eigenvalue weighted by Crippen LogP contribution is 2.39. The molecule has 1 aliphatic heterocycles. The van der Waals surface area contributed by atoms with E-state index in [-0.39, 0.29) is 0 Å². The second-order valence-corrected chi connectivity index (χ2v) is 9.84. The number of piperidine rings is 1. The Morgan fingerprint density at radius 1 is 0.946 bits per heavy atom. The van der Waals surface area contributed by atoms with Crippen LogP contribution < -0.4 is 4.90 Å². The van der Waals surface area contributed by atoms with Crippen LogP contribution in [0.25, 0.3) is 22.9 Å². The van der Waals surface area contributed by atoms with E-state index in [1.54, 1.807) is 6.07 Å². The summed E-state index contributed by atoms with van der Waals surface area (Å²) in [7, 11) is 0. The number of hydrogen-bond donors (Lipinski definition) is 1. The van der Waals surface area contributed by atoms with Crippen molar-refractivity contribution in [2.45, 2.75) is 38.3 Å². The summed E-state index contributed by atoms with van der Waals surface area (Å²) < 4.78 is 39.7. The Morgan fingerprint density at radius 3 is 2.46 bits per heavy atom. The first-order chi connectivity index (χ1) is 17.9. The second-order valence-electron chi connectivity index (χ2n) is 9.84. The van der Waals surface area contributed by atoms with E-state index in [4.69, 9.17) is 4.98 Å². The lowest BCUT2D eigenvalue weighted by molar-refractivity contribution is -0.137. The maximum atomic E-state index is 13.2. The minimum atomic E-state index is -4.36. The van der Waals surface area contributed by atoms with E-state index in [1.807, 2.05) is 36.5 Å². The normalized spacial score (nSPS) is 16.1. The number of H-pyrrole nitrogens is 1. The smallest absolute Gasteiger partial charge is 0.371 e.